The van der Waals surface area contributed by atoms with Gasteiger partial charge in [-0.05, 0) is 81.5 Å². The van der Waals surface area contributed by atoms with Gasteiger partial charge in [0.15, 0.2) is 0 Å². The van der Waals surface area contributed by atoms with Crippen LogP contribution in [0.5, 0.6) is 0 Å². The fraction of sp³-hybridized carbons (Fsp3) is 0. The molecule has 0 aliphatic rings. The minimum Gasteiger partial charge on any atom is -0.438 e. The fourth-order valence-corrected chi connectivity index (χ4v) is 6.21. The molecule has 0 aliphatic heterocycles. The maximum atomic E-state index is 6.36. The van der Waals surface area contributed by atoms with Crippen molar-refractivity contribution in [1.82, 2.24) is 9.97 Å². The number of anilines is 3. The van der Waals surface area contributed by atoms with E-state index in [-0.39, 0.29) is 0 Å². The average molecular weight is 564 g/mol. The molecule has 3 heterocycles. The molecule has 44 heavy (non-hydrogen) atoms. The Labute approximate surface area is 253 Å². The molecule has 0 saturated heterocycles. The molecular formula is C40H25N3O. The number of benzene rings is 6. The number of furan rings is 1. The standard InChI is InChI=1S/C40H25N3O/c1-2-8-28-21-34(18-13-26(28)7-1)43(33-16-14-27(15-17-33)37-23-30-10-5-6-12-32(30)25-41-37)39-20-19-35-36-22-29-9-3-4-11-31(29)24-38(36)44-40(35)42-39/h1-25H. The van der Waals surface area contributed by atoms with Crippen LogP contribution >= 0.6 is 0 Å². The SMILES string of the molecule is c1ccc2cc(N(c3ccc(-c4cc5ccccc5cn4)cc3)c3ccc4c(n3)oc3cc5ccccc5cc34)ccc2c1. The summed E-state index contributed by atoms with van der Waals surface area (Å²) in [5.41, 5.74) is 5.49. The quantitative estimate of drug-likeness (QED) is 0.214. The fourth-order valence-electron chi connectivity index (χ4n) is 6.21. The number of hydrogen-bond donors (Lipinski definition) is 0. The van der Waals surface area contributed by atoms with Crippen molar-refractivity contribution in [1.29, 1.82) is 0 Å². The van der Waals surface area contributed by atoms with Crippen molar-refractivity contribution in [2.45, 2.75) is 0 Å². The number of pyridine rings is 2. The molecular weight excluding hydrogens is 538 g/mol. The van der Waals surface area contributed by atoms with E-state index < -0.39 is 0 Å². The Morgan fingerprint density at radius 2 is 1.11 bits per heavy atom. The molecule has 0 saturated carbocycles. The van der Waals surface area contributed by atoms with Crippen molar-refractivity contribution in [3.05, 3.63) is 152 Å². The van der Waals surface area contributed by atoms with Gasteiger partial charge in [0.2, 0.25) is 5.71 Å². The second kappa shape index (κ2) is 9.79. The number of rotatable bonds is 4. The summed E-state index contributed by atoms with van der Waals surface area (Å²) in [7, 11) is 0. The van der Waals surface area contributed by atoms with Crippen LogP contribution in [0.4, 0.5) is 17.2 Å². The number of aromatic nitrogens is 2. The molecule has 0 atom stereocenters. The predicted molar refractivity (Wildman–Crippen MR) is 182 cm³/mol. The van der Waals surface area contributed by atoms with E-state index in [0.29, 0.717) is 5.71 Å². The lowest BCUT2D eigenvalue weighted by atomic mass is 10.1. The van der Waals surface area contributed by atoms with Crippen LogP contribution in [0.3, 0.4) is 0 Å². The Kier molecular flexibility index (Phi) is 5.47. The minimum atomic E-state index is 0.621. The lowest BCUT2D eigenvalue weighted by molar-refractivity contribution is 0.655. The van der Waals surface area contributed by atoms with Crippen LogP contribution < -0.4 is 4.90 Å². The van der Waals surface area contributed by atoms with Crippen LogP contribution in [-0.4, -0.2) is 9.97 Å². The van der Waals surface area contributed by atoms with E-state index in [0.717, 1.165) is 55.6 Å². The third-order valence-corrected chi connectivity index (χ3v) is 8.46. The van der Waals surface area contributed by atoms with Gasteiger partial charge < -0.3 is 4.42 Å². The summed E-state index contributed by atoms with van der Waals surface area (Å²) in [4.78, 5) is 12.0. The zero-order valence-corrected chi connectivity index (χ0v) is 23.7. The average Bonchev–Trinajstić information content (AvgIpc) is 3.44. The molecule has 0 aliphatic carbocycles. The van der Waals surface area contributed by atoms with Gasteiger partial charge in [-0.2, -0.15) is 4.98 Å². The van der Waals surface area contributed by atoms with Gasteiger partial charge in [0.25, 0.3) is 0 Å². The van der Waals surface area contributed by atoms with Gasteiger partial charge in [0.05, 0.1) is 5.69 Å². The maximum Gasteiger partial charge on any atom is 0.229 e. The van der Waals surface area contributed by atoms with E-state index >= 15 is 0 Å². The highest BCUT2D eigenvalue weighted by Gasteiger charge is 2.18. The van der Waals surface area contributed by atoms with Crippen molar-refractivity contribution in [2.24, 2.45) is 0 Å². The highest BCUT2D eigenvalue weighted by molar-refractivity contribution is 6.09. The summed E-state index contributed by atoms with van der Waals surface area (Å²) in [6, 6.07) is 50.8. The number of hydrogen-bond acceptors (Lipinski definition) is 4. The Bertz CT molecular complexity index is 2510. The minimum absolute atomic E-state index is 0.621. The topological polar surface area (TPSA) is 42.2 Å². The first-order valence-electron chi connectivity index (χ1n) is 14.7. The molecule has 0 N–H and O–H groups in total. The van der Waals surface area contributed by atoms with Crippen LogP contribution in [-0.2, 0) is 0 Å². The van der Waals surface area contributed by atoms with Crippen molar-refractivity contribution in [3.8, 4) is 11.3 Å². The largest absolute Gasteiger partial charge is 0.438 e. The molecule has 206 valence electrons. The smallest absolute Gasteiger partial charge is 0.229 e. The Balaban J connectivity index is 1.19. The molecule has 9 aromatic rings. The zero-order valence-electron chi connectivity index (χ0n) is 23.7. The molecule has 0 amide bonds. The first-order chi connectivity index (χ1) is 21.8. The van der Waals surface area contributed by atoms with E-state index in [1.165, 1.54) is 21.5 Å². The maximum absolute atomic E-state index is 6.36. The Morgan fingerprint density at radius 3 is 1.89 bits per heavy atom. The van der Waals surface area contributed by atoms with Gasteiger partial charge in [-0.25, -0.2) is 0 Å². The predicted octanol–water partition coefficient (Wildman–Crippen LogP) is 11.0. The Morgan fingerprint density at radius 1 is 0.477 bits per heavy atom. The molecule has 0 fully saturated rings. The van der Waals surface area contributed by atoms with Crippen molar-refractivity contribution in [2.75, 3.05) is 4.90 Å². The van der Waals surface area contributed by atoms with Gasteiger partial charge in [-0.15, -0.1) is 0 Å². The highest BCUT2D eigenvalue weighted by Crippen LogP contribution is 2.39. The molecule has 0 radical (unpaired) electrons. The van der Waals surface area contributed by atoms with Crippen LogP contribution in [0.15, 0.2) is 156 Å². The lowest BCUT2D eigenvalue weighted by Gasteiger charge is -2.24. The molecule has 4 heteroatoms. The molecule has 9 rings (SSSR count). The summed E-state index contributed by atoms with van der Waals surface area (Å²) < 4.78 is 6.36. The zero-order chi connectivity index (χ0) is 29.0. The molecule has 6 aromatic carbocycles. The third-order valence-electron chi connectivity index (χ3n) is 8.46. The van der Waals surface area contributed by atoms with E-state index in [9.17, 15) is 0 Å². The molecule has 3 aromatic heterocycles. The molecule has 0 spiro atoms. The van der Waals surface area contributed by atoms with Crippen LogP contribution in [0.25, 0.3) is 65.6 Å². The second-order valence-electron chi connectivity index (χ2n) is 11.2. The first kappa shape index (κ1) is 24.6. The summed E-state index contributed by atoms with van der Waals surface area (Å²) in [5.74, 6) is 0.785. The van der Waals surface area contributed by atoms with Crippen molar-refractivity contribution in [3.63, 3.8) is 0 Å². The third kappa shape index (κ3) is 4.08. The monoisotopic (exact) mass is 563 g/mol. The van der Waals surface area contributed by atoms with Gasteiger partial charge in [0, 0.05) is 39.3 Å². The molecule has 0 unspecified atom stereocenters. The number of nitrogens with zero attached hydrogens (tertiary/aromatic N) is 3. The van der Waals surface area contributed by atoms with Crippen molar-refractivity contribution >= 4 is 71.6 Å². The summed E-state index contributed by atoms with van der Waals surface area (Å²) >= 11 is 0. The van der Waals surface area contributed by atoms with Gasteiger partial charge in [-0.3, -0.25) is 9.88 Å². The first-order valence-corrected chi connectivity index (χ1v) is 14.7. The van der Waals surface area contributed by atoms with Crippen LogP contribution in [0, 0.1) is 0 Å². The number of fused-ring (bicyclic) bond motifs is 6. The normalized spacial score (nSPS) is 11.6. The highest BCUT2D eigenvalue weighted by atomic mass is 16.3. The molecule has 0 bridgehead atoms. The lowest BCUT2D eigenvalue weighted by Crippen LogP contribution is -2.11. The summed E-state index contributed by atoms with van der Waals surface area (Å²) in [6.07, 6.45) is 1.94. The van der Waals surface area contributed by atoms with Gasteiger partial charge >= 0.3 is 0 Å². The summed E-state index contributed by atoms with van der Waals surface area (Å²) in [6.45, 7) is 0. The van der Waals surface area contributed by atoms with Gasteiger partial charge in [-0.1, -0.05) is 91.0 Å². The Hall–Kier alpha value is -6.00. The van der Waals surface area contributed by atoms with E-state index in [1.807, 2.05) is 12.3 Å². The second-order valence-corrected chi connectivity index (χ2v) is 11.2. The molecule has 4 nitrogen and oxygen atoms in total. The summed E-state index contributed by atoms with van der Waals surface area (Å²) in [5, 5.41) is 9.09. The van der Waals surface area contributed by atoms with E-state index in [4.69, 9.17) is 14.4 Å². The van der Waals surface area contributed by atoms with Crippen LogP contribution in [0.1, 0.15) is 0 Å². The van der Waals surface area contributed by atoms with E-state index in [2.05, 4.69) is 144 Å². The van der Waals surface area contributed by atoms with Gasteiger partial charge in [0.1, 0.15) is 11.4 Å². The van der Waals surface area contributed by atoms with Crippen molar-refractivity contribution < 1.29 is 4.42 Å². The van der Waals surface area contributed by atoms with Crippen LogP contribution in [0.2, 0.25) is 0 Å². The van der Waals surface area contributed by atoms with E-state index in [1.54, 1.807) is 0 Å².